The number of rotatable bonds is 10. The van der Waals surface area contributed by atoms with Gasteiger partial charge in [0.1, 0.15) is 5.75 Å². The lowest BCUT2D eigenvalue weighted by Gasteiger charge is -2.50. The number of phenols is 1. The highest BCUT2D eigenvalue weighted by molar-refractivity contribution is 5.97. The van der Waals surface area contributed by atoms with Gasteiger partial charge in [0.05, 0.1) is 12.1 Å². The molecule has 7 atom stereocenters. The van der Waals surface area contributed by atoms with Crippen LogP contribution in [0.25, 0.3) is 0 Å². The topological polar surface area (TPSA) is 98.7 Å². The molecule has 2 amide bonds. The number of carbonyl (C=O) groups is 2. The summed E-state index contributed by atoms with van der Waals surface area (Å²) in [6.45, 7) is 9.14. The summed E-state index contributed by atoms with van der Waals surface area (Å²) in [6, 6.07) is 5.56. The molecule has 0 heterocycles. The van der Waals surface area contributed by atoms with Crippen LogP contribution in [0.15, 0.2) is 18.2 Å². The molecule has 206 valence electrons. The van der Waals surface area contributed by atoms with Crippen molar-refractivity contribution < 1.29 is 19.8 Å². The smallest absolute Gasteiger partial charge is 0.243 e. The van der Waals surface area contributed by atoms with Crippen molar-refractivity contribution in [3.05, 3.63) is 29.3 Å². The van der Waals surface area contributed by atoms with Crippen LogP contribution in [0, 0.1) is 29.1 Å². The fourth-order valence-electron chi connectivity index (χ4n) is 7.91. The fourth-order valence-corrected chi connectivity index (χ4v) is 7.91. The Labute approximate surface area is 223 Å². The number of imide groups is 1. The van der Waals surface area contributed by atoms with E-state index in [4.69, 9.17) is 0 Å². The van der Waals surface area contributed by atoms with E-state index in [9.17, 15) is 19.8 Å². The van der Waals surface area contributed by atoms with Crippen molar-refractivity contribution in [2.24, 2.45) is 29.1 Å². The molecule has 4 N–H and O–H groups in total. The Hall–Kier alpha value is -1.92. The Kier molecular flexibility index (Phi) is 9.00. The molecule has 2 saturated carbocycles. The zero-order valence-corrected chi connectivity index (χ0v) is 23.3. The van der Waals surface area contributed by atoms with E-state index < -0.39 is 0 Å². The number of aliphatic hydroxyl groups is 1. The maximum atomic E-state index is 12.7. The molecule has 37 heavy (non-hydrogen) atoms. The van der Waals surface area contributed by atoms with E-state index in [1.54, 1.807) is 0 Å². The maximum Gasteiger partial charge on any atom is 0.243 e. The van der Waals surface area contributed by atoms with E-state index in [1.165, 1.54) is 11.1 Å². The molecule has 6 heteroatoms. The Morgan fingerprint density at radius 3 is 2.73 bits per heavy atom. The third-order valence-corrected chi connectivity index (χ3v) is 9.73. The third-order valence-electron chi connectivity index (χ3n) is 9.73. The van der Waals surface area contributed by atoms with Crippen molar-refractivity contribution in [3.63, 3.8) is 0 Å². The van der Waals surface area contributed by atoms with Crippen molar-refractivity contribution in [1.82, 2.24) is 10.6 Å². The predicted molar refractivity (Wildman–Crippen MR) is 146 cm³/mol. The number of hydrogen-bond acceptors (Lipinski definition) is 5. The Bertz CT molecular complexity index is 963. The molecule has 2 fully saturated rings. The van der Waals surface area contributed by atoms with Gasteiger partial charge in [-0.2, -0.15) is 0 Å². The second-order valence-corrected chi connectivity index (χ2v) is 12.7. The van der Waals surface area contributed by atoms with Gasteiger partial charge in [0.15, 0.2) is 0 Å². The SMILES string of the molecule is CCCC(=O)NC(=O)[C@H](CC(C)C)NCCC[C@H]1C[C@H]2[C@@H]3CCc4cc(O)ccc4[C@H]3CC[C@]2(C)[C@H]1O. The molecular weight excluding hydrogens is 464 g/mol. The molecule has 4 rings (SSSR count). The fraction of sp³-hybridized carbons (Fsp3) is 0.742. The molecular formula is C31H48N2O4. The predicted octanol–water partition coefficient (Wildman–Crippen LogP) is 5.06. The first kappa shape index (κ1) is 28.1. The number of phenolic OH excluding ortho intramolecular Hbond substituents is 1. The van der Waals surface area contributed by atoms with Crippen LogP contribution in [0.3, 0.4) is 0 Å². The van der Waals surface area contributed by atoms with Crippen LogP contribution in [0.1, 0.15) is 103 Å². The summed E-state index contributed by atoms with van der Waals surface area (Å²) in [6.07, 6.45) is 8.78. The van der Waals surface area contributed by atoms with E-state index in [2.05, 4.69) is 37.5 Å². The highest BCUT2D eigenvalue weighted by Gasteiger charge is 2.57. The minimum absolute atomic E-state index is 0.0204. The Morgan fingerprint density at radius 1 is 1.22 bits per heavy atom. The number of benzene rings is 1. The molecule has 0 radical (unpaired) electrons. The molecule has 3 aliphatic carbocycles. The summed E-state index contributed by atoms with van der Waals surface area (Å²) >= 11 is 0. The molecule has 0 saturated heterocycles. The van der Waals surface area contributed by atoms with E-state index in [1.807, 2.05) is 19.1 Å². The number of fused-ring (bicyclic) bond motifs is 5. The van der Waals surface area contributed by atoms with Gasteiger partial charge in [-0.15, -0.1) is 0 Å². The van der Waals surface area contributed by atoms with Crippen LogP contribution >= 0.6 is 0 Å². The second kappa shape index (κ2) is 11.9. The number of hydrogen-bond donors (Lipinski definition) is 4. The highest BCUT2D eigenvalue weighted by Crippen LogP contribution is 2.62. The van der Waals surface area contributed by atoms with Crippen molar-refractivity contribution in [3.8, 4) is 5.75 Å². The summed E-state index contributed by atoms with van der Waals surface area (Å²) in [5.74, 6) is 2.27. The van der Waals surface area contributed by atoms with Crippen LogP contribution in [-0.4, -0.2) is 40.7 Å². The van der Waals surface area contributed by atoms with Gasteiger partial charge >= 0.3 is 0 Å². The molecule has 0 unspecified atom stereocenters. The van der Waals surface area contributed by atoms with E-state index >= 15 is 0 Å². The zero-order valence-electron chi connectivity index (χ0n) is 23.3. The van der Waals surface area contributed by atoms with Gasteiger partial charge in [-0.05, 0) is 123 Å². The van der Waals surface area contributed by atoms with Gasteiger partial charge in [0.25, 0.3) is 0 Å². The molecule has 0 bridgehead atoms. The molecule has 6 nitrogen and oxygen atoms in total. The minimum atomic E-state index is -0.364. The first-order valence-electron chi connectivity index (χ1n) is 14.7. The summed E-state index contributed by atoms with van der Waals surface area (Å²) in [4.78, 5) is 24.6. The van der Waals surface area contributed by atoms with Crippen molar-refractivity contribution in [2.45, 2.75) is 110 Å². The lowest BCUT2D eigenvalue weighted by molar-refractivity contribution is -0.131. The van der Waals surface area contributed by atoms with Gasteiger partial charge < -0.3 is 15.5 Å². The molecule has 0 aliphatic heterocycles. The third kappa shape index (κ3) is 6.06. The van der Waals surface area contributed by atoms with Crippen molar-refractivity contribution >= 4 is 11.8 Å². The molecule has 3 aliphatic rings. The second-order valence-electron chi connectivity index (χ2n) is 12.7. The zero-order chi connectivity index (χ0) is 26.7. The normalized spacial score (nSPS) is 31.4. The number of aliphatic hydroxyl groups excluding tert-OH is 1. The van der Waals surface area contributed by atoms with Gasteiger partial charge in [-0.3, -0.25) is 14.9 Å². The van der Waals surface area contributed by atoms with E-state index in [0.717, 1.165) is 51.4 Å². The van der Waals surface area contributed by atoms with Crippen LogP contribution in [0.4, 0.5) is 0 Å². The van der Waals surface area contributed by atoms with Crippen LogP contribution in [0.2, 0.25) is 0 Å². The van der Waals surface area contributed by atoms with E-state index in [-0.39, 0.29) is 29.4 Å². The molecule has 1 aromatic rings. The first-order valence-corrected chi connectivity index (χ1v) is 14.7. The monoisotopic (exact) mass is 512 g/mol. The summed E-state index contributed by atoms with van der Waals surface area (Å²) in [7, 11) is 0. The Balaban J connectivity index is 1.33. The number of amides is 2. The van der Waals surface area contributed by atoms with Gasteiger partial charge in [0.2, 0.25) is 11.8 Å². The van der Waals surface area contributed by atoms with Gasteiger partial charge in [0, 0.05) is 6.42 Å². The molecule has 1 aromatic carbocycles. The molecule has 0 spiro atoms. The average Bonchev–Trinajstić information content (AvgIpc) is 3.10. The average molecular weight is 513 g/mol. The van der Waals surface area contributed by atoms with Crippen LogP contribution < -0.4 is 10.6 Å². The first-order chi connectivity index (χ1) is 17.6. The quantitative estimate of drug-likeness (QED) is 0.328. The highest BCUT2D eigenvalue weighted by atomic mass is 16.3. The Morgan fingerprint density at radius 2 is 2.00 bits per heavy atom. The van der Waals surface area contributed by atoms with Crippen LogP contribution in [0.5, 0.6) is 5.75 Å². The standard InChI is InChI=1S/C31H48N2O4/c1-5-7-28(35)33-30(37)27(16-19(2)3)32-15-6-8-21-18-26-25-11-9-20-17-22(34)10-12-23(20)24(25)13-14-31(26,4)29(21)36/h10,12,17,19,21,24-27,29,32,34,36H,5-9,11,13-16,18H2,1-4H3,(H,33,35,37)/t21-,24+,25+,26-,27-,29-,31-/m0/s1. The van der Waals surface area contributed by atoms with Crippen molar-refractivity contribution in [2.75, 3.05) is 6.54 Å². The van der Waals surface area contributed by atoms with Gasteiger partial charge in [-0.25, -0.2) is 0 Å². The summed E-state index contributed by atoms with van der Waals surface area (Å²) < 4.78 is 0. The maximum absolute atomic E-state index is 12.7. The number of aryl methyl sites for hydroxylation is 1. The number of aromatic hydroxyl groups is 1. The van der Waals surface area contributed by atoms with Crippen LogP contribution in [-0.2, 0) is 16.0 Å². The number of nitrogens with one attached hydrogen (secondary N) is 2. The minimum Gasteiger partial charge on any atom is -0.508 e. The van der Waals surface area contributed by atoms with E-state index in [0.29, 0.717) is 54.7 Å². The lowest BCUT2D eigenvalue weighted by atomic mass is 9.55. The largest absolute Gasteiger partial charge is 0.508 e. The molecule has 0 aromatic heterocycles. The summed E-state index contributed by atoms with van der Waals surface area (Å²) in [5.41, 5.74) is 2.71. The van der Waals surface area contributed by atoms with Gasteiger partial charge in [-0.1, -0.05) is 33.8 Å². The number of carbonyl (C=O) groups excluding carboxylic acids is 2. The summed E-state index contributed by atoms with van der Waals surface area (Å²) in [5, 5.41) is 27.4. The van der Waals surface area contributed by atoms with Crippen molar-refractivity contribution in [1.29, 1.82) is 0 Å². The lowest BCUT2D eigenvalue weighted by Crippen LogP contribution is -2.47.